The molecule has 1 amide bonds. The molecule has 5 nitrogen and oxygen atoms in total. The van der Waals surface area contributed by atoms with E-state index in [1.165, 1.54) is 0 Å². The molecular weight excluding hydrogens is 268 g/mol. The van der Waals surface area contributed by atoms with Crippen LogP contribution in [0.25, 0.3) is 10.9 Å². The Morgan fingerprint density at radius 3 is 2.95 bits per heavy atom. The molecule has 2 unspecified atom stereocenters. The fraction of sp³-hybridized carbons (Fsp3) is 0.438. The normalized spacial score (nSPS) is 22.7. The molecule has 2 atom stereocenters. The second-order valence-corrected chi connectivity index (χ2v) is 5.63. The van der Waals surface area contributed by atoms with E-state index in [-0.39, 0.29) is 24.7 Å². The van der Waals surface area contributed by atoms with Gasteiger partial charge in [-0.2, -0.15) is 0 Å². The lowest BCUT2D eigenvalue weighted by molar-refractivity contribution is -0.0858. The SMILES string of the molecule is Cc1[nH]c2ccccc2c1C(=O)N1CC(C)OC(CO)C1. The number of benzene rings is 1. The van der Waals surface area contributed by atoms with Crippen molar-refractivity contribution in [1.82, 2.24) is 9.88 Å². The van der Waals surface area contributed by atoms with Crippen LogP contribution in [-0.4, -0.2) is 52.8 Å². The minimum absolute atomic E-state index is 0.00134. The van der Waals surface area contributed by atoms with E-state index >= 15 is 0 Å². The smallest absolute Gasteiger partial charge is 0.256 e. The van der Waals surface area contributed by atoms with Crippen molar-refractivity contribution < 1.29 is 14.6 Å². The third-order valence-corrected chi connectivity index (χ3v) is 3.92. The second kappa shape index (κ2) is 5.50. The number of hydrogen-bond donors (Lipinski definition) is 2. The summed E-state index contributed by atoms with van der Waals surface area (Å²) >= 11 is 0. The summed E-state index contributed by atoms with van der Waals surface area (Å²) in [6.45, 7) is 4.75. The van der Waals surface area contributed by atoms with E-state index in [1.807, 2.05) is 38.1 Å². The van der Waals surface area contributed by atoms with Gasteiger partial charge in [0.2, 0.25) is 0 Å². The van der Waals surface area contributed by atoms with Crippen molar-refractivity contribution in [3.8, 4) is 0 Å². The number of fused-ring (bicyclic) bond motifs is 1. The monoisotopic (exact) mass is 288 g/mol. The van der Waals surface area contributed by atoms with Gasteiger partial charge >= 0.3 is 0 Å². The number of amides is 1. The number of ether oxygens (including phenoxy) is 1. The largest absolute Gasteiger partial charge is 0.394 e. The minimum atomic E-state index is -0.303. The Kier molecular flexibility index (Phi) is 3.69. The van der Waals surface area contributed by atoms with Gasteiger partial charge < -0.3 is 19.7 Å². The molecular formula is C16H20N2O3. The van der Waals surface area contributed by atoms with Crippen molar-refractivity contribution in [2.75, 3.05) is 19.7 Å². The van der Waals surface area contributed by atoms with Gasteiger partial charge in [0.1, 0.15) is 0 Å². The lowest BCUT2D eigenvalue weighted by atomic mass is 10.1. The van der Waals surface area contributed by atoms with E-state index < -0.39 is 0 Å². The summed E-state index contributed by atoms with van der Waals surface area (Å²) in [6, 6.07) is 7.81. The molecule has 0 radical (unpaired) electrons. The van der Waals surface area contributed by atoms with Crippen LogP contribution in [0.4, 0.5) is 0 Å². The highest BCUT2D eigenvalue weighted by Gasteiger charge is 2.30. The molecule has 2 heterocycles. The van der Waals surface area contributed by atoms with Gasteiger partial charge in [0.05, 0.1) is 24.4 Å². The number of rotatable bonds is 2. The zero-order valence-corrected chi connectivity index (χ0v) is 12.3. The number of aliphatic hydroxyl groups is 1. The molecule has 1 aromatic heterocycles. The first-order valence-electron chi connectivity index (χ1n) is 7.23. The molecule has 1 saturated heterocycles. The van der Waals surface area contributed by atoms with Crippen LogP contribution < -0.4 is 0 Å². The topological polar surface area (TPSA) is 65.6 Å². The van der Waals surface area contributed by atoms with Crippen molar-refractivity contribution in [3.05, 3.63) is 35.5 Å². The van der Waals surface area contributed by atoms with Gasteiger partial charge in [-0.05, 0) is 19.9 Å². The van der Waals surface area contributed by atoms with Gasteiger partial charge in [0.15, 0.2) is 0 Å². The van der Waals surface area contributed by atoms with Crippen molar-refractivity contribution in [2.24, 2.45) is 0 Å². The summed E-state index contributed by atoms with van der Waals surface area (Å²) in [5.74, 6) is -0.00134. The predicted molar refractivity (Wildman–Crippen MR) is 80.4 cm³/mol. The van der Waals surface area contributed by atoms with E-state index in [9.17, 15) is 9.90 Å². The number of carbonyl (C=O) groups is 1. The number of aromatic amines is 1. The Hall–Kier alpha value is -1.85. The highest BCUT2D eigenvalue weighted by Crippen LogP contribution is 2.24. The number of hydrogen-bond acceptors (Lipinski definition) is 3. The fourth-order valence-corrected chi connectivity index (χ4v) is 3.02. The molecule has 0 bridgehead atoms. The third-order valence-electron chi connectivity index (χ3n) is 3.92. The quantitative estimate of drug-likeness (QED) is 0.884. The zero-order valence-electron chi connectivity index (χ0n) is 12.3. The first kappa shape index (κ1) is 14.1. The second-order valence-electron chi connectivity index (χ2n) is 5.63. The van der Waals surface area contributed by atoms with Crippen LogP contribution in [0.1, 0.15) is 23.0 Å². The number of carbonyl (C=O) groups excluding carboxylic acids is 1. The number of aromatic nitrogens is 1. The van der Waals surface area contributed by atoms with Crippen LogP contribution in [-0.2, 0) is 4.74 Å². The lowest BCUT2D eigenvalue weighted by Gasteiger charge is -2.36. The molecule has 5 heteroatoms. The van der Waals surface area contributed by atoms with Crippen molar-refractivity contribution >= 4 is 16.8 Å². The molecule has 2 aromatic rings. The summed E-state index contributed by atoms with van der Waals surface area (Å²) in [7, 11) is 0. The van der Waals surface area contributed by atoms with E-state index in [1.54, 1.807) is 4.90 Å². The van der Waals surface area contributed by atoms with E-state index in [0.29, 0.717) is 13.1 Å². The number of aliphatic hydroxyl groups excluding tert-OH is 1. The Bertz CT molecular complexity index is 665. The molecule has 0 saturated carbocycles. The van der Waals surface area contributed by atoms with Crippen molar-refractivity contribution in [2.45, 2.75) is 26.1 Å². The molecule has 112 valence electrons. The molecule has 1 aliphatic rings. The van der Waals surface area contributed by atoms with Gasteiger partial charge in [0.25, 0.3) is 5.91 Å². The molecule has 1 fully saturated rings. The molecule has 1 aromatic carbocycles. The summed E-state index contributed by atoms with van der Waals surface area (Å²) in [5.41, 5.74) is 2.57. The molecule has 0 spiro atoms. The molecule has 0 aliphatic carbocycles. The minimum Gasteiger partial charge on any atom is -0.394 e. The summed E-state index contributed by atoms with van der Waals surface area (Å²) in [6.07, 6.45) is -0.367. The number of nitrogens with one attached hydrogen (secondary N) is 1. The van der Waals surface area contributed by atoms with Gasteiger partial charge in [-0.25, -0.2) is 0 Å². The number of nitrogens with zero attached hydrogens (tertiary/aromatic N) is 1. The van der Waals surface area contributed by atoms with Crippen molar-refractivity contribution in [1.29, 1.82) is 0 Å². The Labute approximate surface area is 123 Å². The number of H-pyrrole nitrogens is 1. The van der Waals surface area contributed by atoms with Gasteiger partial charge in [0, 0.05) is 29.7 Å². The molecule has 21 heavy (non-hydrogen) atoms. The van der Waals surface area contributed by atoms with Gasteiger partial charge in [-0.15, -0.1) is 0 Å². The van der Waals surface area contributed by atoms with Crippen LogP contribution in [0.3, 0.4) is 0 Å². The summed E-state index contributed by atoms with van der Waals surface area (Å²) in [4.78, 5) is 17.9. The number of para-hydroxylation sites is 1. The van der Waals surface area contributed by atoms with Crippen LogP contribution in [0.15, 0.2) is 24.3 Å². The fourth-order valence-electron chi connectivity index (χ4n) is 3.02. The van der Waals surface area contributed by atoms with E-state index in [2.05, 4.69) is 4.98 Å². The third kappa shape index (κ3) is 2.54. The molecule has 3 rings (SSSR count). The highest BCUT2D eigenvalue weighted by atomic mass is 16.5. The van der Waals surface area contributed by atoms with Crippen molar-refractivity contribution in [3.63, 3.8) is 0 Å². The maximum atomic E-state index is 12.9. The number of morpholine rings is 1. The molecule has 2 N–H and O–H groups in total. The lowest BCUT2D eigenvalue weighted by Crippen LogP contribution is -2.50. The maximum Gasteiger partial charge on any atom is 0.256 e. The summed E-state index contributed by atoms with van der Waals surface area (Å²) < 4.78 is 5.60. The Morgan fingerprint density at radius 1 is 1.43 bits per heavy atom. The first-order chi connectivity index (χ1) is 10.1. The first-order valence-corrected chi connectivity index (χ1v) is 7.23. The number of aryl methyl sites for hydroxylation is 1. The highest BCUT2D eigenvalue weighted by molar-refractivity contribution is 6.08. The van der Waals surface area contributed by atoms with Gasteiger partial charge in [-0.3, -0.25) is 4.79 Å². The Balaban J connectivity index is 1.95. The van der Waals surface area contributed by atoms with Crippen LogP contribution in [0.2, 0.25) is 0 Å². The average molecular weight is 288 g/mol. The van der Waals surface area contributed by atoms with Crippen LogP contribution in [0, 0.1) is 6.92 Å². The van der Waals surface area contributed by atoms with E-state index in [4.69, 9.17) is 4.74 Å². The van der Waals surface area contributed by atoms with Crippen LogP contribution in [0.5, 0.6) is 0 Å². The zero-order chi connectivity index (χ0) is 15.0. The Morgan fingerprint density at radius 2 is 2.19 bits per heavy atom. The predicted octanol–water partition coefficient (Wildman–Crippen LogP) is 1.70. The van der Waals surface area contributed by atoms with E-state index in [0.717, 1.165) is 22.2 Å². The maximum absolute atomic E-state index is 12.9. The average Bonchev–Trinajstić information content (AvgIpc) is 2.81. The molecule has 1 aliphatic heterocycles. The van der Waals surface area contributed by atoms with Gasteiger partial charge in [-0.1, -0.05) is 18.2 Å². The standard InChI is InChI=1S/C16H20N2O3/c1-10-7-18(8-12(9-19)21-10)16(20)15-11(2)17-14-6-4-3-5-13(14)15/h3-6,10,12,17,19H,7-9H2,1-2H3. The summed E-state index contributed by atoms with van der Waals surface area (Å²) in [5, 5.41) is 10.2. The van der Waals surface area contributed by atoms with Crippen LogP contribution >= 0.6 is 0 Å².